The van der Waals surface area contributed by atoms with Gasteiger partial charge < -0.3 is 25.2 Å². The fraction of sp³-hybridized carbons (Fsp3) is 0.906. The van der Waals surface area contributed by atoms with Gasteiger partial charge in [-0.25, -0.2) is 0 Å². The van der Waals surface area contributed by atoms with Gasteiger partial charge in [-0.3, -0.25) is 4.79 Å². The minimum absolute atomic E-state index is 0.0366. The molecule has 11 atom stereocenters. The lowest BCUT2D eigenvalue weighted by Gasteiger charge is -2.65. The van der Waals surface area contributed by atoms with Crippen molar-refractivity contribution in [2.45, 2.75) is 137 Å². The van der Waals surface area contributed by atoms with Crippen LogP contribution < -0.4 is 0 Å². The van der Waals surface area contributed by atoms with Crippen molar-refractivity contribution in [1.29, 1.82) is 0 Å². The zero-order chi connectivity index (χ0) is 28.6. The van der Waals surface area contributed by atoms with Gasteiger partial charge in [-0.15, -0.1) is 0 Å². The molecule has 0 bridgehead atoms. The Kier molecular flexibility index (Phi) is 7.56. The van der Waals surface area contributed by atoms with E-state index in [9.17, 15) is 25.2 Å². The number of esters is 1. The molecule has 0 amide bonds. The van der Waals surface area contributed by atoms with E-state index < -0.39 is 17.8 Å². The van der Waals surface area contributed by atoms with E-state index >= 15 is 0 Å². The van der Waals surface area contributed by atoms with Gasteiger partial charge in [0.2, 0.25) is 0 Å². The number of rotatable bonds is 6. The van der Waals surface area contributed by atoms with E-state index in [1.54, 1.807) is 0 Å². The summed E-state index contributed by atoms with van der Waals surface area (Å²) >= 11 is 0. The Morgan fingerprint density at radius 1 is 1.11 bits per heavy atom. The molecule has 0 aliphatic heterocycles. The molecule has 4 aliphatic carbocycles. The summed E-state index contributed by atoms with van der Waals surface area (Å²) in [5.41, 5.74) is -0.350. The summed E-state index contributed by atoms with van der Waals surface area (Å²) in [5, 5.41) is 42.5. The third-order valence-electron chi connectivity index (χ3n) is 12.5. The molecule has 0 radical (unpaired) electrons. The summed E-state index contributed by atoms with van der Waals surface area (Å²) < 4.78 is 6.17. The number of hydrogen-bond donors (Lipinski definition) is 4. The van der Waals surface area contributed by atoms with Crippen molar-refractivity contribution in [1.82, 2.24) is 0 Å². The molecule has 4 aliphatic rings. The van der Waals surface area contributed by atoms with Crippen LogP contribution in [0.2, 0.25) is 0 Å². The van der Waals surface area contributed by atoms with Crippen molar-refractivity contribution >= 4 is 5.97 Å². The van der Waals surface area contributed by atoms with Gasteiger partial charge in [0.1, 0.15) is 12.2 Å². The van der Waals surface area contributed by atoms with Gasteiger partial charge in [0.05, 0.1) is 17.8 Å². The third-order valence-corrected chi connectivity index (χ3v) is 12.5. The summed E-state index contributed by atoms with van der Waals surface area (Å²) in [6, 6.07) is 0. The predicted octanol–water partition coefficient (Wildman–Crippen LogP) is 5.01. The van der Waals surface area contributed by atoms with Gasteiger partial charge in [-0.2, -0.15) is 0 Å². The van der Waals surface area contributed by atoms with E-state index in [4.69, 9.17) is 4.74 Å². The highest BCUT2D eigenvalue weighted by atomic mass is 16.5. The Bertz CT molecular complexity index is 950. The van der Waals surface area contributed by atoms with Crippen LogP contribution in [0.15, 0.2) is 11.6 Å². The lowest BCUT2D eigenvalue weighted by molar-refractivity contribution is -0.179. The zero-order valence-electron chi connectivity index (χ0n) is 25.3. The first-order valence-corrected chi connectivity index (χ1v) is 14.9. The predicted molar refractivity (Wildman–Crippen MR) is 148 cm³/mol. The van der Waals surface area contributed by atoms with Crippen molar-refractivity contribution in [3.05, 3.63) is 11.6 Å². The molecule has 38 heavy (non-hydrogen) atoms. The molecule has 6 nitrogen and oxygen atoms in total. The van der Waals surface area contributed by atoms with Crippen LogP contribution in [0, 0.1) is 45.3 Å². The number of fused-ring (bicyclic) bond motifs is 5. The highest BCUT2D eigenvalue weighted by molar-refractivity contribution is 5.66. The molecule has 3 fully saturated rings. The molecule has 0 spiro atoms. The summed E-state index contributed by atoms with van der Waals surface area (Å²) in [7, 11) is 0. The minimum atomic E-state index is -1.36. The fourth-order valence-corrected chi connectivity index (χ4v) is 10.1. The van der Waals surface area contributed by atoms with E-state index in [-0.39, 0.29) is 57.6 Å². The molecule has 0 aromatic rings. The molecular weight excluding hydrogens is 480 g/mol. The zero-order valence-corrected chi connectivity index (χ0v) is 25.3. The van der Waals surface area contributed by atoms with Gasteiger partial charge in [0, 0.05) is 12.8 Å². The molecule has 4 rings (SSSR count). The lowest BCUT2D eigenvalue weighted by Crippen LogP contribution is -2.62. The molecule has 3 saturated carbocycles. The number of carbonyl (C=O) groups is 1. The lowest BCUT2D eigenvalue weighted by atomic mass is 9.40. The Morgan fingerprint density at radius 2 is 1.74 bits per heavy atom. The number of allylic oxidation sites excluding steroid dienone is 1. The largest absolute Gasteiger partial charge is 0.462 e. The van der Waals surface area contributed by atoms with Gasteiger partial charge in [-0.05, 0) is 98.2 Å². The van der Waals surface area contributed by atoms with Crippen LogP contribution in [-0.4, -0.2) is 56.4 Å². The van der Waals surface area contributed by atoms with Crippen LogP contribution in [0.5, 0.6) is 0 Å². The number of aliphatic hydroxyl groups excluding tert-OH is 3. The Hall–Kier alpha value is -0.950. The smallest absolute Gasteiger partial charge is 0.302 e. The molecule has 0 saturated heterocycles. The Morgan fingerprint density at radius 3 is 2.32 bits per heavy atom. The third kappa shape index (κ3) is 4.40. The van der Waals surface area contributed by atoms with E-state index in [0.29, 0.717) is 12.3 Å². The summed E-state index contributed by atoms with van der Waals surface area (Å²) in [5.74, 6) is 0.609. The Balaban J connectivity index is 1.71. The van der Waals surface area contributed by atoms with Crippen molar-refractivity contribution in [3.63, 3.8) is 0 Å². The number of aliphatic hydroxyl groups is 4. The first-order valence-electron chi connectivity index (χ1n) is 14.9. The topological polar surface area (TPSA) is 107 Å². The van der Waals surface area contributed by atoms with Crippen molar-refractivity contribution in [2.24, 2.45) is 45.3 Å². The molecule has 0 aromatic heterocycles. The first kappa shape index (κ1) is 30.0. The monoisotopic (exact) mass is 534 g/mol. The van der Waals surface area contributed by atoms with E-state index in [1.165, 1.54) is 26.3 Å². The second kappa shape index (κ2) is 9.56. The van der Waals surface area contributed by atoms with E-state index in [0.717, 1.165) is 38.5 Å². The molecule has 4 N–H and O–H groups in total. The number of hydrogen-bond acceptors (Lipinski definition) is 6. The molecule has 0 aromatic carbocycles. The van der Waals surface area contributed by atoms with E-state index in [1.807, 2.05) is 0 Å². The quantitative estimate of drug-likeness (QED) is 0.282. The molecule has 0 heterocycles. The molecule has 6 heteroatoms. The maximum absolute atomic E-state index is 12.4. The summed E-state index contributed by atoms with van der Waals surface area (Å²) in [6.07, 6.45) is 5.62. The molecular formula is C32H54O6. The van der Waals surface area contributed by atoms with E-state index in [2.05, 4.69) is 47.6 Å². The van der Waals surface area contributed by atoms with Gasteiger partial charge in [-0.1, -0.05) is 53.2 Å². The fourth-order valence-electron chi connectivity index (χ4n) is 10.1. The second-order valence-corrected chi connectivity index (χ2v) is 15.4. The first-order chi connectivity index (χ1) is 17.3. The minimum Gasteiger partial charge on any atom is -0.462 e. The maximum atomic E-state index is 12.4. The second-order valence-electron chi connectivity index (χ2n) is 15.4. The van der Waals surface area contributed by atoms with Gasteiger partial charge in [0.25, 0.3) is 0 Å². The van der Waals surface area contributed by atoms with Crippen molar-refractivity contribution < 1.29 is 30.0 Å². The van der Waals surface area contributed by atoms with Crippen LogP contribution in [0.4, 0.5) is 0 Å². The van der Waals surface area contributed by atoms with Crippen LogP contribution in [0.25, 0.3) is 0 Å². The number of carbonyl (C=O) groups excluding carboxylic acids is 1. The van der Waals surface area contributed by atoms with Gasteiger partial charge in [0.15, 0.2) is 0 Å². The molecule has 0 unspecified atom stereocenters. The van der Waals surface area contributed by atoms with Gasteiger partial charge >= 0.3 is 5.97 Å². The average molecular weight is 535 g/mol. The highest BCUT2D eigenvalue weighted by Crippen LogP contribution is 2.73. The Labute approximate surface area is 230 Å². The average Bonchev–Trinajstić information content (AvgIpc) is 3.07. The maximum Gasteiger partial charge on any atom is 0.302 e. The van der Waals surface area contributed by atoms with Crippen LogP contribution in [0.3, 0.4) is 0 Å². The standard InChI is InChI=1S/C32H54O6/c1-18(16-22(34)27(36)29(5,6)37)20-10-15-32(9)26-21(11-14-31(20,32)8)30(7)13-12-25(35)28(3,4)24(30)17-23(26)38-19(2)33/h11,18,20,22-27,34-37H,10,12-17H2,1-9H3/t18-,20-,22+,23+,24-,25+,26+,27-,30+,31-,32+/m0/s1. The highest BCUT2D eigenvalue weighted by Gasteiger charge is 2.68. The normalized spacial score (nSPS) is 44.7. The van der Waals surface area contributed by atoms with Crippen molar-refractivity contribution in [3.8, 4) is 0 Å². The van der Waals surface area contributed by atoms with Crippen LogP contribution >= 0.6 is 0 Å². The van der Waals surface area contributed by atoms with Crippen molar-refractivity contribution in [2.75, 3.05) is 0 Å². The van der Waals surface area contributed by atoms with Crippen LogP contribution in [0.1, 0.15) is 107 Å². The molecule has 218 valence electrons. The van der Waals surface area contributed by atoms with Crippen LogP contribution in [-0.2, 0) is 9.53 Å². The summed E-state index contributed by atoms with van der Waals surface area (Å²) in [4.78, 5) is 12.4. The number of ether oxygens (including phenoxy) is 1. The SMILES string of the molecule is CC(=O)O[C@@H]1C[C@H]2C(C)(C)[C@H](O)CC[C@]2(C)C2=CC[C@@]3(C)[C@H]([C@@H](C)C[C@@H](O)[C@H](O)C(C)(C)O)CC[C@]3(C)[C@H]21. The summed E-state index contributed by atoms with van der Waals surface area (Å²) in [6.45, 7) is 18.3.